The molecule has 1 amide bonds. The Morgan fingerprint density at radius 2 is 1.45 bits per heavy atom. The van der Waals surface area contributed by atoms with Crippen molar-refractivity contribution in [2.24, 2.45) is 0 Å². The minimum Gasteiger partial charge on any atom is -0.482 e. The van der Waals surface area contributed by atoms with E-state index in [2.05, 4.69) is 5.32 Å². The molecule has 4 rings (SSSR count). The molecule has 3 aromatic carbocycles. The number of nitrogens with one attached hydrogen (secondary N) is 1. The summed E-state index contributed by atoms with van der Waals surface area (Å²) in [6.07, 6.45) is 0.897. The first-order valence-corrected chi connectivity index (χ1v) is 10.5. The van der Waals surface area contributed by atoms with Crippen LogP contribution in [0.3, 0.4) is 0 Å². The van der Waals surface area contributed by atoms with Gasteiger partial charge in [0.15, 0.2) is 24.8 Å². The maximum absolute atomic E-state index is 13.0. The molecule has 1 N–H and O–H groups in total. The maximum atomic E-state index is 13.0. The molecule has 0 spiro atoms. The summed E-state index contributed by atoms with van der Waals surface area (Å²) in [4.78, 5) is 50.1. The summed E-state index contributed by atoms with van der Waals surface area (Å²) >= 11 is 0. The molecule has 33 heavy (non-hydrogen) atoms. The number of benzene rings is 3. The van der Waals surface area contributed by atoms with Gasteiger partial charge in [-0.3, -0.25) is 14.4 Å². The zero-order valence-electron chi connectivity index (χ0n) is 17.9. The third-order valence-electron chi connectivity index (χ3n) is 5.28. The highest BCUT2D eigenvalue weighted by Gasteiger charge is 2.31. The quantitative estimate of drug-likeness (QED) is 0.439. The van der Waals surface area contributed by atoms with E-state index in [-0.39, 0.29) is 40.6 Å². The molecular weight excluding hydrogens is 422 g/mol. The lowest BCUT2D eigenvalue weighted by Gasteiger charge is -2.20. The van der Waals surface area contributed by atoms with Crippen molar-refractivity contribution in [2.45, 2.75) is 13.3 Å². The topological polar surface area (TPSA) is 98.8 Å². The van der Waals surface area contributed by atoms with Gasteiger partial charge in [0.2, 0.25) is 0 Å². The van der Waals surface area contributed by atoms with Gasteiger partial charge in [-0.25, -0.2) is 4.79 Å². The smallest absolute Gasteiger partial charge is 0.344 e. The summed E-state index contributed by atoms with van der Waals surface area (Å²) in [6, 6.07) is 18.5. The Hall–Kier alpha value is -4.26. The zero-order valence-corrected chi connectivity index (χ0v) is 17.9. The lowest BCUT2D eigenvalue weighted by atomic mass is 9.83. The minimum absolute atomic E-state index is 0.125. The molecule has 0 saturated heterocycles. The van der Waals surface area contributed by atoms with Crippen LogP contribution in [-0.2, 0) is 20.7 Å². The number of esters is 1. The van der Waals surface area contributed by atoms with Crippen molar-refractivity contribution in [2.75, 3.05) is 18.5 Å². The number of hydrogen-bond donors (Lipinski definition) is 1. The molecule has 0 unspecified atom stereocenters. The van der Waals surface area contributed by atoms with Crippen LogP contribution in [0.5, 0.6) is 5.75 Å². The van der Waals surface area contributed by atoms with Crippen molar-refractivity contribution >= 4 is 29.1 Å². The highest BCUT2D eigenvalue weighted by atomic mass is 16.6. The van der Waals surface area contributed by atoms with E-state index in [9.17, 15) is 19.2 Å². The second kappa shape index (κ2) is 9.48. The van der Waals surface area contributed by atoms with Crippen LogP contribution in [0.15, 0.2) is 66.7 Å². The molecule has 166 valence electrons. The number of anilines is 1. The maximum Gasteiger partial charge on any atom is 0.344 e. The molecule has 1 aliphatic rings. The summed E-state index contributed by atoms with van der Waals surface area (Å²) in [5.41, 5.74) is 2.29. The first-order valence-electron chi connectivity index (χ1n) is 10.5. The molecule has 0 saturated carbocycles. The van der Waals surface area contributed by atoms with Gasteiger partial charge in [0.25, 0.3) is 5.91 Å². The Morgan fingerprint density at radius 1 is 0.788 bits per heavy atom. The predicted molar refractivity (Wildman–Crippen MR) is 121 cm³/mol. The molecule has 7 heteroatoms. The van der Waals surface area contributed by atoms with Crippen molar-refractivity contribution in [3.8, 4) is 5.75 Å². The Labute approximate surface area is 190 Å². The first-order chi connectivity index (χ1) is 16.0. The van der Waals surface area contributed by atoms with Gasteiger partial charge in [0, 0.05) is 16.7 Å². The molecule has 7 nitrogen and oxygen atoms in total. The molecule has 0 atom stereocenters. The fourth-order valence-corrected chi connectivity index (χ4v) is 3.59. The Morgan fingerprint density at radius 3 is 2.15 bits per heavy atom. The molecule has 0 heterocycles. The third-order valence-corrected chi connectivity index (χ3v) is 5.28. The van der Waals surface area contributed by atoms with E-state index in [0.29, 0.717) is 11.3 Å². The number of carbonyl (C=O) groups is 4. The summed E-state index contributed by atoms with van der Waals surface area (Å²) in [5, 5.41) is 2.56. The SMILES string of the molecule is CCc1ccc(OCC(=O)OCC(=O)Nc2cccc3c2C(=O)c2ccccc2C3=O)cc1. The van der Waals surface area contributed by atoms with Crippen LogP contribution in [-0.4, -0.2) is 36.7 Å². The number of ketones is 2. The Kier molecular flexibility index (Phi) is 6.31. The molecule has 0 fully saturated rings. The average Bonchev–Trinajstić information content (AvgIpc) is 2.85. The number of aryl methyl sites for hydroxylation is 1. The summed E-state index contributed by atoms with van der Waals surface area (Å²) in [5.74, 6) is -1.46. The molecule has 0 aromatic heterocycles. The molecule has 0 radical (unpaired) electrons. The Balaban J connectivity index is 1.37. The van der Waals surface area contributed by atoms with Gasteiger partial charge in [-0.1, -0.05) is 55.5 Å². The molecular formula is C26H21NO6. The number of rotatable bonds is 7. The van der Waals surface area contributed by atoms with Crippen LogP contribution in [0.25, 0.3) is 0 Å². The number of hydrogen-bond acceptors (Lipinski definition) is 6. The van der Waals surface area contributed by atoms with E-state index in [0.717, 1.165) is 12.0 Å². The molecule has 3 aromatic rings. The predicted octanol–water partition coefficient (Wildman–Crippen LogP) is 3.59. The lowest BCUT2D eigenvalue weighted by molar-refractivity contribution is -0.149. The molecule has 1 aliphatic carbocycles. The van der Waals surface area contributed by atoms with Crippen LogP contribution in [0.4, 0.5) is 5.69 Å². The van der Waals surface area contributed by atoms with Gasteiger partial charge >= 0.3 is 5.97 Å². The van der Waals surface area contributed by atoms with Gasteiger partial charge in [-0.15, -0.1) is 0 Å². The van der Waals surface area contributed by atoms with Gasteiger partial charge < -0.3 is 14.8 Å². The first kappa shape index (κ1) is 22.0. The van der Waals surface area contributed by atoms with Crippen LogP contribution in [0.1, 0.15) is 44.3 Å². The van der Waals surface area contributed by atoms with Gasteiger partial charge in [-0.2, -0.15) is 0 Å². The van der Waals surface area contributed by atoms with Crippen molar-refractivity contribution in [1.82, 2.24) is 0 Å². The molecule has 0 bridgehead atoms. The van der Waals surface area contributed by atoms with E-state index in [1.165, 1.54) is 6.07 Å². The third kappa shape index (κ3) is 4.67. The van der Waals surface area contributed by atoms with Gasteiger partial charge in [0.1, 0.15) is 5.75 Å². The van der Waals surface area contributed by atoms with Crippen molar-refractivity contribution in [3.63, 3.8) is 0 Å². The monoisotopic (exact) mass is 443 g/mol. The minimum atomic E-state index is -0.708. The fourth-order valence-electron chi connectivity index (χ4n) is 3.59. The highest BCUT2D eigenvalue weighted by molar-refractivity contribution is 6.30. The fraction of sp³-hybridized carbons (Fsp3) is 0.154. The molecule has 0 aliphatic heterocycles. The second-order valence-corrected chi connectivity index (χ2v) is 7.43. The van der Waals surface area contributed by atoms with Crippen molar-refractivity contribution < 1.29 is 28.7 Å². The summed E-state index contributed by atoms with van der Waals surface area (Å²) in [6.45, 7) is 1.14. The van der Waals surface area contributed by atoms with Crippen LogP contribution < -0.4 is 10.1 Å². The van der Waals surface area contributed by atoms with E-state index in [1.807, 2.05) is 19.1 Å². The van der Waals surface area contributed by atoms with Gasteiger partial charge in [0.05, 0.1) is 11.3 Å². The van der Waals surface area contributed by atoms with E-state index in [1.54, 1.807) is 48.5 Å². The standard InChI is InChI=1S/C26H21NO6/c1-2-16-10-12-17(13-11-16)32-15-23(29)33-14-22(28)27-21-9-5-8-20-24(21)26(31)19-7-4-3-6-18(19)25(20)30/h3-13H,2,14-15H2,1H3,(H,27,28). The largest absolute Gasteiger partial charge is 0.482 e. The van der Waals surface area contributed by atoms with Gasteiger partial charge in [-0.05, 0) is 30.2 Å². The normalized spacial score (nSPS) is 11.9. The lowest BCUT2D eigenvalue weighted by Crippen LogP contribution is -2.26. The number of carbonyl (C=O) groups excluding carboxylic acids is 4. The van der Waals surface area contributed by atoms with Crippen molar-refractivity contribution in [1.29, 1.82) is 0 Å². The van der Waals surface area contributed by atoms with E-state index in [4.69, 9.17) is 9.47 Å². The van der Waals surface area contributed by atoms with E-state index >= 15 is 0 Å². The van der Waals surface area contributed by atoms with E-state index < -0.39 is 18.5 Å². The highest BCUT2D eigenvalue weighted by Crippen LogP contribution is 2.31. The summed E-state index contributed by atoms with van der Waals surface area (Å²) < 4.78 is 10.3. The average molecular weight is 443 g/mol. The van der Waals surface area contributed by atoms with Crippen LogP contribution in [0.2, 0.25) is 0 Å². The van der Waals surface area contributed by atoms with Crippen LogP contribution >= 0.6 is 0 Å². The Bertz CT molecular complexity index is 1250. The second-order valence-electron chi connectivity index (χ2n) is 7.43. The summed E-state index contributed by atoms with van der Waals surface area (Å²) in [7, 11) is 0. The van der Waals surface area contributed by atoms with Crippen molar-refractivity contribution in [3.05, 3.63) is 94.5 Å². The van der Waals surface area contributed by atoms with Crippen LogP contribution in [0, 0.1) is 0 Å². The number of amides is 1. The number of ether oxygens (including phenoxy) is 2. The zero-order chi connectivity index (χ0) is 23.4. The number of fused-ring (bicyclic) bond motifs is 2.